The minimum atomic E-state index is -0.160. The Bertz CT molecular complexity index is 341. The third-order valence-corrected chi connectivity index (χ3v) is 2.71. The predicted molar refractivity (Wildman–Crippen MR) is 50.9 cm³/mol. The van der Waals surface area contributed by atoms with Crippen molar-refractivity contribution in [3.8, 4) is 6.07 Å². The summed E-state index contributed by atoms with van der Waals surface area (Å²) in [4.78, 5) is 0. The molecule has 0 bridgehead atoms. The van der Waals surface area contributed by atoms with Crippen LogP contribution in [0.1, 0.15) is 24.0 Å². The molecule has 0 aliphatic heterocycles. The van der Waals surface area contributed by atoms with E-state index in [9.17, 15) is 0 Å². The predicted octanol–water partition coefficient (Wildman–Crippen LogP) is 1.70. The SMILES string of the molecule is N#CC1(c2ccc(CN)cc2)CC1. The molecule has 0 aromatic heterocycles. The van der Waals surface area contributed by atoms with Crippen molar-refractivity contribution in [3.05, 3.63) is 35.4 Å². The normalized spacial score (nSPS) is 17.8. The lowest BCUT2D eigenvalue weighted by Gasteiger charge is -2.06. The summed E-state index contributed by atoms with van der Waals surface area (Å²) in [6, 6.07) is 10.4. The van der Waals surface area contributed by atoms with Crippen LogP contribution in [0.5, 0.6) is 0 Å². The molecule has 1 aromatic rings. The van der Waals surface area contributed by atoms with Gasteiger partial charge in [-0.05, 0) is 24.0 Å². The summed E-state index contributed by atoms with van der Waals surface area (Å²) in [6.45, 7) is 0.569. The molecular formula is C11H12N2. The lowest BCUT2D eigenvalue weighted by molar-refractivity contribution is 0.905. The molecular weight excluding hydrogens is 160 g/mol. The number of nitriles is 1. The van der Waals surface area contributed by atoms with Crippen LogP contribution in [0.25, 0.3) is 0 Å². The maximum Gasteiger partial charge on any atom is 0.0823 e. The molecule has 0 spiro atoms. The van der Waals surface area contributed by atoms with Gasteiger partial charge in [0, 0.05) is 6.54 Å². The van der Waals surface area contributed by atoms with Crippen molar-refractivity contribution in [1.82, 2.24) is 0 Å². The molecule has 2 nitrogen and oxygen atoms in total. The van der Waals surface area contributed by atoms with Crippen molar-refractivity contribution >= 4 is 0 Å². The fourth-order valence-corrected chi connectivity index (χ4v) is 1.55. The van der Waals surface area contributed by atoms with Gasteiger partial charge in [-0.1, -0.05) is 24.3 Å². The van der Waals surface area contributed by atoms with Crippen molar-refractivity contribution in [2.75, 3.05) is 0 Å². The number of benzene rings is 1. The monoisotopic (exact) mass is 172 g/mol. The molecule has 0 amide bonds. The van der Waals surface area contributed by atoms with Crippen LogP contribution in [0.4, 0.5) is 0 Å². The zero-order chi connectivity index (χ0) is 9.31. The highest BCUT2D eigenvalue weighted by atomic mass is 14.5. The van der Waals surface area contributed by atoms with E-state index in [0.29, 0.717) is 6.54 Å². The van der Waals surface area contributed by atoms with Crippen molar-refractivity contribution in [1.29, 1.82) is 5.26 Å². The lowest BCUT2D eigenvalue weighted by atomic mass is 9.97. The molecule has 2 rings (SSSR count). The Morgan fingerprint density at radius 2 is 1.92 bits per heavy atom. The van der Waals surface area contributed by atoms with Gasteiger partial charge in [0.1, 0.15) is 0 Å². The summed E-state index contributed by atoms with van der Waals surface area (Å²) < 4.78 is 0. The van der Waals surface area contributed by atoms with E-state index in [2.05, 4.69) is 6.07 Å². The Labute approximate surface area is 78.0 Å². The maximum absolute atomic E-state index is 8.96. The van der Waals surface area contributed by atoms with Gasteiger partial charge in [-0.3, -0.25) is 0 Å². The lowest BCUT2D eigenvalue weighted by Crippen LogP contribution is -2.03. The first kappa shape index (κ1) is 8.28. The standard InChI is InChI=1S/C11H12N2/c12-7-9-1-3-10(4-2-9)11(8-13)5-6-11/h1-4H,5-7,12H2. The van der Waals surface area contributed by atoms with Crippen molar-refractivity contribution in [3.63, 3.8) is 0 Å². The number of hydrogen-bond donors (Lipinski definition) is 1. The van der Waals surface area contributed by atoms with Gasteiger partial charge < -0.3 is 5.73 Å². The van der Waals surface area contributed by atoms with E-state index in [1.54, 1.807) is 0 Å². The Kier molecular flexibility index (Phi) is 1.82. The van der Waals surface area contributed by atoms with E-state index in [4.69, 9.17) is 11.0 Å². The van der Waals surface area contributed by atoms with Gasteiger partial charge in [-0.25, -0.2) is 0 Å². The molecule has 0 atom stereocenters. The molecule has 1 aliphatic carbocycles. The zero-order valence-corrected chi connectivity index (χ0v) is 7.46. The Morgan fingerprint density at radius 1 is 1.31 bits per heavy atom. The molecule has 0 radical (unpaired) electrons. The fraction of sp³-hybridized carbons (Fsp3) is 0.364. The summed E-state index contributed by atoms with van der Waals surface area (Å²) in [6.07, 6.45) is 2.01. The molecule has 2 N–H and O–H groups in total. The molecule has 0 heterocycles. The number of hydrogen-bond acceptors (Lipinski definition) is 2. The maximum atomic E-state index is 8.96. The third-order valence-electron chi connectivity index (χ3n) is 2.71. The molecule has 0 saturated heterocycles. The van der Waals surface area contributed by atoms with Crippen LogP contribution in [0.3, 0.4) is 0 Å². The molecule has 1 aliphatic rings. The first-order chi connectivity index (χ1) is 6.30. The highest BCUT2D eigenvalue weighted by Crippen LogP contribution is 2.47. The topological polar surface area (TPSA) is 49.8 Å². The summed E-state index contributed by atoms with van der Waals surface area (Å²) in [5.74, 6) is 0. The number of nitrogens with two attached hydrogens (primary N) is 1. The van der Waals surface area contributed by atoms with E-state index in [1.165, 1.54) is 0 Å². The van der Waals surface area contributed by atoms with Gasteiger partial charge in [-0.2, -0.15) is 5.26 Å². The van der Waals surface area contributed by atoms with Gasteiger partial charge in [0.05, 0.1) is 11.5 Å². The minimum absolute atomic E-state index is 0.160. The summed E-state index contributed by atoms with van der Waals surface area (Å²) in [7, 11) is 0. The molecule has 1 fully saturated rings. The van der Waals surface area contributed by atoms with Crippen molar-refractivity contribution in [2.24, 2.45) is 5.73 Å². The summed E-state index contributed by atoms with van der Waals surface area (Å²) in [5.41, 5.74) is 7.60. The fourth-order valence-electron chi connectivity index (χ4n) is 1.55. The van der Waals surface area contributed by atoms with Crippen LogP contribution >= 0.6 is 0 Å². The second-order valence-electron chi connectivity index (χ2n) is 3.59. The third kappa shape index (κ3) is 1.32. The molecule has 66 valence electrons. The van der Waals surface area contributed by atoms with Gasteiger partial charge >= 0.3 is 0 Å². The highest BCUT2D eigenvalue weighted by Gasteiger charge is 2.44. The van der Waals surface area contributed by atoms with Gasteiger partial charge in [0.15, 0.2) is 0 Å². The molecule has 13 heavy (non-hydrogen) atoms. The summed E-state index contributed by atoms with van der Waals surface area (Å²) in [5, 5.41) is 8.96. The number of nitrogens with zero attached hydrogens (tertiary/aromatic N) is 1. The van der Waals surface area contributed by atoms with Gasteiger partial charge in [0.2, 0.25) is 0 Å². The first-order valence-corrected chi connectivity index (χ1v) is 4.51. The molecule has 1 aromatic carbocycles. The molecule has 2 heteroatoms. The van der Waals surface area contributed by atoms with Gasteiger partial charge in [0.25, 0.3) is 0 Å². The van der Waals surface area contributed by atoms with Crippen LogP contribution in [-0.4, -0.2) is 0 Å². The van der Waals surface area contributed by atoms with Crippen LogP contribution in [0.2, 0.25) is 0 Å². The van der Waals surface area contributed by atoms with E-state index >= 15 is 0 Å². The van der Waals surface area contributed by atoms with Crippen molar-refractivity contribution in [2.45, 2.75) is 24.8 Å². The Balaban J connectivity index is 2.29. The van der Waals surface area contributed by atoms with Crippen LogP contribution < -0.4 is 5.73 Å². The van der Waals surface area contributed by atoms with E-state index < -0.39 is 0 Å². The van der Waals surface area contributed by atoms with Crippen molar-refractivity contribution < 1.29 is 0 Å². The quantitative estimate of drug-likeness (QED) is 0.738. The summed E-state index contributed by atoms with van der Waals surface area (Å²) >= 11 is 0. The van der Waals surface area contributed by atoms with Crippen LogP contribution in [-0.2, 0) is 12.0 Å². The van der Waals surface area contributed by atoms with Gasteiger partial charge in [-0.15, -0.1) is 0 Å². The van der Waals surface area contributed by atoms with Crippen LogP contribution in [0, 0.1) is 11.3 Å². The molecule has 0 unspecified atom stereocenters. The average Bonchev–Trinajstić information content (AvgIpc) is 2.99. The smallest absolute Gasteiger partial charge is 0.0823 e. The zero-order valence-electron chi connectivity index (χ0n) is 7.46. The van der Waals surface area contributed by atoms with E-state index in [1.807, 2.05) is 24.3 Å². The second-order valence-corrected chi connectivity index (χ2v) is 3.59. The Hall–Kier alpha value is -1.33. The molecule has 1 saturated carbocycles. The highest BCUT2D eigenvalue weighted by molar-refractivity contribution is 5.39. The van der Waals surface area contributed by atoms with E-state index in [-0.39, 0.29) is 5.41 Å². The first-order valence-electron chi connectivity index (χ1n) is 4.51. The number of rotatable bonds is 2. The largest absolute Gasteiger partial charge is 0.326 e. The van der Waals surface area contributed by atoms with E-state index in [0.717, 1.165) is 24.0 Å². The minimum Gasteiger partial charge on any atom is -0.326 e. The Morgan fingerprint density at radius 3 is 2.31 bits per heavy atom. The second kappa shape index (κ2) is 2.86. The average molecular weight is 172 g/mol. The van der Waals surface area contributed by atoms with Crippen LogP contribution in [0.15, 0.2) is 24.3 Å².